The Kier molecular flexibility index (Phi) is 5.96. The van der Waals surface area contributed by atoms with E-state index in [-0.39, 0.29) is 5.91 Å². The van der Waals surface area contributed by atoms with E-state index in [4.69, 9.17) is 11.6 Å². The summed E-state index contributed by atoms with van der Waals surface area (Å²) in [5.41, 5.74) is 3.21. The molecule has 7 heteroatoms. The third kappa shape index (κ3) is 4.65. The van der Waals surface area contributed by atoms with Crippen molar-refractivity contribution in [1.82, 2.24) is 19.7 Å². The van der Waals surface area contributed by atoms with E-state index in [1.54, 1.807) is 18.3 Å². The predicted octanol–water partition coefficient (Wildman–Crippen LogP) is 3.98. The Morgan fingerprint density at radius 2 is 1.85 bits per heavy atom. The molecule has 0 aliphatic rings. The van der Waals surface area contributed by atoms with Gasteiger partial charge in [-0.2, -0.15) is 0 Å². The summed E-state index contributed by atoms with van der Waals surface area (Å²) in [5.74, 6) is 0.331. The van der Waals surface area contributed by atoms with E-state index in [2.05, 4.69) is 10.2 Å². The molecular formula is C19H19ClN4OS. The number of halogens is 1. The molecule has 3 aromatic rings. The SMILES string of the molecule is Cc1ccc(-n2cnnc2SCC(=O)N(C)Cc2ccc(Cl)cc2)cc1. The van der Waals surface area contributed by atoms with Crippen molar-refractivity contribution in [1.29, 1.82) is 0 Å². The summed E-state index contributed by atoms with van der Waals surface area (Å²) in [5, 5.41) is 9.49. The largest absolute Gasteiger partial charge is 0.341 e. The standard InChI is InChI=1S/C19H19ClN4OS/c1-14-3-9-17(10-4-14)24-13-21-22-19(24)26-12-18(25)23(2)11-15-5-7-16(20)8-6-15/h3-10,13H,11-12H2,1-2H3. The first kappa shape index (κ1) is 18.5. The number of carbonyl (C=O) groups is 1. The highest BCUT2D eigenvalue weighted by Crippen LogP contribution is 2.20. The van der Waals surface area contributed by atoms with Crippen molar-refractivity contribution in [2.24, 2.45) is 0 Å². The molecule has 26 heavy (non-hydrogen) atoms. The minimum atomic E-state index is 0.0309. The fraction of sp³-hybridized carbons (Fsp3) is 0.211. The van der Waals surface area contributed by atoms with Gasteiger partial charge in [-0.3, -0.25) is 9.36 Å². The van der Waals surface area contributed by atoms with Crippen molar-refractivity contribution in [3.8, 4) is 5.69 Å². The van der Waals surface area contributed by atoms with Crippen molar-refractivity contribution in [3.63, 3.8) is 0 Å². The number of benzene rings is 2. The van der Waals surface area contributed by atoms with Crippen LogP contribution < -0.4 is 0 Å². The fourth-order valence-electron chi connectivity index (χ4n) is 2.39. The monoisotopic (exact) mass is 386 g/mol. The minimum absolute atomic E-state index is 0.0309. The molecule has 0 N–H and O–H groups in total. The number of rotatable bonds is 6. The van der Waals surface area contributed by atoms with Gasteiger partial charge in [-0.25, -0.2) is 0 Å². The Labute approximate surface area is 162 Å². The van der Waals surface area contributed by atoms with Crippen molar-refractivity contribution in [2.45, 2.75) is 18.6 Å². The average Bonchev–Trinajstić information content (AvgIpc) is 3.10. The lowest BCUT2D eigenvalue weighted by molar-refractivity contribution is -0.127. The molecule has 0 unspecified atom stereocenters. The van der Waals surface area contributed by atoms with Gasteiger partial charge in [0, 0.05) is 24.3 Å². The molecule has 0 saturated carbocycles. The van der Waals surface area contributed by atoms with Crippen LogP contribution in [0.2, 0.25) is 5.02 Å². The number of aromatic nitrogens is 3. The van der Waals surface area contributed by atoms with Gasteiger partial charge in [0.2, 0.25) is 5.91 Å². The number of thioether (sulfide) groups is 1. The van der Waals surface area contributed by atoms with Crippen LogP contribution >= 0.6 is 23.4 Å². The molecular weight excluding hydrogens is 368 g/mol. The van der Waals surface area contributed by atoms with Crippen LogP contribution in [0.25, 0.3) is 5.69 Å². The van der Waals surface area contributed by atoms with E-state index in [1.807, 2.05) is 60.0 Å². The van der Waals surface area contributed by atoms with Crippen molar-refractivity contribution < 1.29 is 4.79 Å². The summed E-state index contributed by atoms with van der Waals surface area (Å²) in [6.45, 7) is 2.59. The number of carbonyl (C=O) groups excluding carboxylic acids is 1. The van der Waals surface area contributed by atoms with Crippen LogP contribution in [0.15, 0.2) is 60.0 Å². The highest BCUT2D eigenvalue weighted by molar-refractivity contribution is 7.99. The first-order chi connectivity index (χ1) is 12.5. The number of hydrogen-bond acceptors (Lipinski definition) is 4. The van der Waals surface area contributed by atoms with Gasteiger partial charge in [0.05, 0.1) is 5.75 Å². The van der Waals surface area contributed by atoms with Crippen molar-refractivity contribution >= 4 is 29.3 Å². The Bertz CT molecular complexity index is 877. The van der Waals surface area contributed by atoms with Crippen molar-refractivity contribution in [3.05, 3.63) is 71.0 Å². The molecule has 0 bridgehead atoms. The number of aryl methyl sites for hydroxylation is 1. The zero-order chi connectivity index (χ0) is 18.5. The summed E-state index contributed by atoms with van der Waals surface area (Å²) >= 11 is 7.27. The van der Waals surface area contributed by atoms with E-state index >= 15 is 0 Å². The predicted molar refractivity (Wildman–Crippen MR) is 105 cm³/mol. The van der Waals surface area contributed by atoms with Crippen LogP contribution in [0.5, 0.6) is 0 Å². The Balaban J connectivity index is 1.60. The van der Waals surface area contributed by atoms with Gasteiger partial charge in [0.1, 0.15) is 6.33 Å². The molecule has 1 heterocycles. The normalized spacial score (nSPS) is 10.7. The lowest BCUT2D eigenvalue weighted by Crippen LogP contribution is -2.27. The van der Waals surface area contributed by atoms with E-state index in [1.165, 1.54) is 17.3 Å². The zero-order valence-electron chi connectivity index (χ0n) is 14.6. The molecule has 2 aromatic carbocycles. The average molecular weight is 387 g/mol. The second-order valence-electron chi connectivity index (χ2n) is 5.98. The first-order valence-corrected chi connectivity index (χ1v) is 9.47. The van der Waals surface area contributed by atoms with Gasteiger partial charge in [-0.1, -0.05) is 53.2 Å². The van der Waals surface area contributed by atoms with Gasteiger partial charge in [-0.15, -0.1) is 10.2 Å². The first-order valence-electron chi connectivity index (χ1n) is 8.11. The van der Waals surface area contributed by atoms with E-state index < -0.39 is 0 Å². The smallest absolute Gasteiger partial charge is 0.233 e. The molecule has 5 nitrogen and oxygen atoms in total. The maximum atomic E-state index is 12.4. The highest BCUT2D eigenvalue weighted by atomic mass is 35.5. The topological polar surface area (TPSA) is 51.0 Å². The third-order valence-electron chi connectivity index (χ3n) is 3.91. The molecule has 0 radical (unpaired) electrons. The molecule has 0 aliphatic heterocycles. The lowest BCUT2D eigenvalue weighted by Gasteiger charge is -2.17. The molecule has 0 spiro atoms. The number of amides is 1. The maximum absolute atomic E-state index is 12.4. The van der Waals surface area contributed by atoms with Gasteiger partial charge < -0.3 is 4.90 Å². The summed E-state index contributed by atoms with van der Waals surface area (Å²) in [6, 6.07) is 15.6. The molecule has 0 saturated heterocycles. The van der Waals surface area contributed by atoms with Crippen LogP contribution in [0, 0.1) is 6.92 Å². The van der Waals surface area contributed by atoms with Crippen LogP contribution in [0.1, 0.15) is 11.1 Å². The lowest BCUT2D eigenvalue weighted by atomic mass is 10.2. The molecule has 1 aromatic heterocycles. The summed E-state index contributed by atoms with van der Waals surface area (Å²) in [7, 11) is 1.79. The van der Waals surface area contributed by atoms with Crippen LogP contribution in [-0.2, 0) is 11.3 Å². The summed E-state index contributed by atoms with van der Waals surface area (Å²) < 4.78 is 1.89. The van der Waals surface area contributed by atoms with Gasteiger partial charge in [-0.05, 0) is 36.8 Å². The van der Waals surface area contributed by atoms with Crippen LogP contribution in [-0.4, -0.2) is 38.4 Å². The molecule has 0 fully saturated rings. The Morgan fingerprint density at radius 3 is 2.54 bits per heavy atom. The molecule has 0 atom stereocenters. The quantitative estimate of drug-likeness (QED) is 0.601. The highest BCUT2D eigenvalue weighted by Gasteiger charge is 2.13. The fourth-order valence-corrected chi connectivity index (χ4v) is 3.39. The van der Waals surface area contributed by atoms with E-state index in [0.717, 1.165) is 11.3 Å². The van der Waals surface area contributed by atoms with Gasteiger partial charge >= 0.3 is 0 Å². The maximum Gasteiger partial charge on any atom is 0.233 e. The van der Waals surface area contributed by atoms with E-state index in [9.17, 15) is 4.79 Å². The van der Waals surface area contributed by atoms with E-state index in [0.29, 0.717) is 22.5 Å². The summed E-state index contributed by atoms with van der Waals surface area (Å²) in [6.07, 6.45) is 1.66. The van der Waals surface area contributed by atoms with Gasteiger partial charge in [0.15, 0.2) is 5.16 Å². The minimum Gasteiger partial charge on any atom is -0.341 e. The van der Waals surface area contributed by atoms with Crippen LogP contribution in [0.3, 0.4) is 0 Å². The zero-order valence-corrected chi connectivity index (χ0v) is 16.2. The Hall–Kier alpha value is -2.31. The second-order valence-corrected chi connectivity index (χ2v) is 7.36. The second kappa shape index (κ2) is 8.38. The van der Waals surface area contributed by atoms with Gasteiger partial charge in [0.25, 0.3) is 0 Å². The number of nitrogens with zero attached hydrogens (tertiary/aromatic N) is 4. The molecule has 1 amide bonds. The third-order valence-corrected chi connectivity index (χ3v) is 5.09. The summed E-state index contributed by atoms with van der Waals surface area (Å²) in [4.78, 5) is 14.1. The molecule has 134 valence electrons. The van der Waals surface area contributed by atoms with Crippen molar-refractivity contribution in [2.75, 3.05) is 12.8 Å². The number of hydrogen-bond donors (Lipinski definition) is 0. The molecule has 0 aliphatic carbocycles. The van der Waals surface area contributed by atoms with Crippen LogP contribution in [0.4, 0.5) is 0 Å². The molecule has 3 rings (SSSR count). The Morgan fingerprint density at radius 1 is 1.15 bits per heavy atom.